The van der Waals surface area contributed by atoms with Gasteiger partial charge in [0.25, 0.3) is 0 Å². The van der Waals surface area contributed by atoms with E-state index in [4.69, 9.17) is 0 Å². The molecule has 3 heterocycles. The van der Waals surface area contributed by atoms with Crippen LogP contribution in [0.25, 0.3) is 0 Å². The Labute approximate surface area is 107 Å². The summed E-state index contributed by atoms with van der Waals surface area (Å²) < 4.78 is 0. The fraction of sp³-hybridized carbons (Fsp3) is 0.571. The lowest BCUT2D eigenvalue weighted by molar-refractivity contribution is -0.130. The summed E-state index contributed by atoms with van der Waals surface area (Å²) in [5.74, 6) is 0.281. The quantitative estimate of drug-likeness (QED) is 0.851. The van der Waals surface area contributed by atoms with Gasteiger partial charge in [-0.15, -0.1) is 0 Å². The Kier molecular flexibility index (Phi) is 3.04. The van der Waals surface area contributed by atoms with Crippen LogP contribution >= 0.6 is 0 Å². The molecular weight excluding hydrogens is 226 g/mol. The lowest BCUT2D eigenvalue weighted by Gasteiger charge is -2.37. The van der Waals surface area contributed by atoms with Gasteiger partial charge in [0.15, 0.2) is 0 Å². The maximum Gasteiger partial charge on any atom is 0.226 e. The van der Waals surface area contributed by atoms with Gasteiger partial charge >= 0.3 is 0 Å². The Balaban J connectivity index is 1.59. The van der Waals surface area contributed by atoms with Gasteiger partial charge in [-0.05, 0) is 44.0 Å². The summed E-state index contributed by atoms with van der Waals surface area (Å²) in [6.07, 6.45) is 6.75. The van der Waals surface area contributed by atoms with Gasteiger partial charge in [-0.3, -0.25) is 14.7 Å². The summed E-state index contributed by atoms with van der Waals surface area (Å²) in [6.45, 7) is 3.84. The van der Waals surface area contributed by atoms with Crippen LogP contribution in [-0.4, -0.2) is 35.4 Å². The molecule has 1 aromatic heterocycles. The summed E-state index contributed by atoms with van der Waals surface area (Å²) in [5.41, 5.74) is 1.20. The smallest absolute Gasteiger partial charge is 0.226 e. The predicted octanol–water partition coefficient (Wildman–Crippen LogP) is 1.18. The first-order valence-corrected chi connectivity index (χ1v) is 6.68. The van der Waals surface area contributed by atoms with Crippen LogP contribution in [0.3, 0.4) is 0 Å². The Bertz CT molecular complexity index is 424. The number of rotatable bonds is 2. The van der Waals surface area contributed by atoms with Crippen molar-refractivity contribution in [3.05, 3.63) is 30.1 Å². The zero-order chi connectivity index (χ0) is 12.4. The second-order valence-electron chi connectivity index (χ2n) is 5.42. The largest absolute Gasteiger partial charge is 0.356 e. The summed E-state index contributed by atoms with van der Waals surface area (Å²) in [6, 6.07) is 4.09. The molecule has 1 amide bonds. The van der Waals surface area contributed by atoms with E-state index in [2.05, 4.69) is 21.3 Å². The van der Waals surface area contributed by atoms with Gasteiger partial charge in [-0.2, -0.15) is 0 Å². The Morgan fingerprint density at radius 2 is 2.17 bits per heavy atom. The fourth-order valence-corrected chi connectivity index (χ4v) is 3.08. The molecule has 1 N–H and O–H groups in total. The van der Waals surface area contributed by atoms with Crippen LogP contribution in [0.2, 0.25) is 0 Å². The molecule has 2 aliphatic heterocycles. The molecule has 2 fully saturated rings. The number of carbonyl (C=O) groups is 1. The highest BCUT2D eigenvalue weighted by Gasteiger charge is 2.44. The zero-order valence-electron chi connectivity index (χ0n) is 10.6. The molecule has 0 radical (unpaired) electrons. The third kappa shape index (κ3) is 2.12. The zero-order valence-corrected chi connectivity index (χ0v) is 10.6. The van der Waals surface area contributed by atoms with E-state index in [9.17, 15) is 4.79 Å². The SMILES string of the molecule is O=C1NCCC12CCN(Cc1cccnc1)CC2. The van der Waals surface area contributed by atoms with Crippen LogP contribution < -0.4 is 5.32 Å². The molecule has 0 atom stereocenters. The first-order valence-electron chi connectivity index (χ1n) is 6.68. The van der Waals surface area contributed by atoms with Crippen molar-refractivity contribution in [1.82, 2.24) is 15.2 Å². The molecule has 4 heteroatoms. The molecule has 1 spiro atoms. The minimum absolute atomic E-state index is 0.0502. The van der Waals surface area contributed by atoms with Crippen LogP contribution in [-0.2, 0) is 11.3 Å². The molecule has 96 valence electrons. The predicted molar refractivity (Wildman–Crippen MR) is 68.8 cm³/mol. The summed E-state index contributed by atoms with van der Waals surface area (Å²) in [4.78, 5) is 18.4. The van der Waals surface area contributed by atoms with Crippen LogP contribution in [0, 0.1) is 5.41 Å². The van der Waals surface area contributed by atoms with Crippen LogP contribution in [0.5, 0.6) is 0 Å². The highest BCUT2D eigenvalue weighted by atomic mass is 16.2. The van der Waals surface area contributed by atoms with Gasteiger partial charge < -0.3 is 5.32 Å². The topological polar surface area (TPSA) is 45.2 Å². The third-order valence-electron chi connectivity index (χ3n) is 4.31. The molecule has 0 unspecified atom stereocenters. The van der Waals surface area contributed by atoms with Gasteiger partial charge in [-0.25, -0.2) is 0 Å². The van der Waals surface area contributed by atoms with Crippen molar-refractivity contribution >= 4 is 5.91 Å². The van der Waals surface area contributed by atoms with Crippen molar-refractivity contribution < 1.29 is 4.79 Å². The number of aromatic nitrogens is 1. The highest BCUT2D eigenvalue weighted by Crippen LogP contribution is 2.38. The van der Waals surface area contributed by atoms with Crippen molar-refractivity contribution in [3.8, 4) is 0 Å². The van der Waals surface area contributed by atoms with Crippen LogP contribution in [0.1, 0.15) is 24.8 Å². The molecule has 18 heavy (non-hydrogen) atoms. The Morgan fingerprint density at radius 3 is 2.78 bits per heavy atom. The number of carbonyl (C=O) groups excluding carboxylic acids is 1. The Morgan fingerprint density at radius 1 is 1.33 bits per heavy atom. The lowest BCUT2D eigenvalue weighted by Crippen LogP contribution is -2.43. The second-order valence-corrected chi connectivity index (χ2v) is 5.42. The lowest BCUT2D eigenvalue weighted by atomic mass is 9.77. The van der Waals surface area contributed by atoms with Crippen molar-refractivity contribution in [1.29, 1.82) is 0 Å². The summed E-state index contributed by atoms with van der Waals surface area (Å²) >= 11 is 0. The minimum Gasteiger partial charge on any atom is -0.356 e. The van der Waals surface area contributed by atoms with E-state index in [0.717, 1.165) is 45.4 Å². The van der Waals surface area contributed by atoms with E-state index < -0.39 is 0 Å². The number of hydrogen-bond donors (Lipinski definition) is 1. The third-order valence-corrected chi connectivity index (χ3v) is 4.31. The number of likely N-dealkylation sites (tertiary alicyclic amines) is 1. The van der Waals surface area contributed by atoms with E-state index >= 15 is 0 Å². The van der Waals surface area contributed by atoms with Crippen molar-refractivity contribution in [2.45, 2.75) is 25.8 Å². The molecular formula is C14H19N3O. The maximum atomic E-state index is 11.9. The van der Waals surface area contributed by atoms with Crippen molar-refractivity contribution in [3.63, 3.8) is 0 Å². The average molecular weight is 245 g/mol. The van der Waals surface area contributed by atoms with Gasteiger partial charge in [-0.1, -0.05) is 6.07 Å². The maximum absolute atomic E-state index is 11.9. The van der Waals surface area contributed by atoms with Gasteiger partial charge in [0.05, 0.1) is 5.41 Å². The molecule has 3 rings (SSSR count). The number of pyridine rings is 1. The molecule has 0 aromatic carbocycles. The molecule has 0 bridgehead atoms. The minimum atomic E-state index is -0.0502. The highest BCUT2D eigenvalue weighted by molar-refractivity contribution is 5.84. The molecule has 1 aromatic rings. The van der Waals surface area contributed by atoms with Gasteiger partial charge in [0.1, 0.15) is 0 Å². The van der Waals surface area contributed by atoms with E-state index in [1.165, 1.54) is 5.56 Å². The fourth-order valence-electron chi connectivity index (χ4n) is 3.08. The first-order chi connectivity index (χ1) is 8.78. The molecule has 0 saturated carbocycles. The van der Waals surface area contributed by atoms with Crippen LogP contribution in [0.15, 0.2) is 24.5 Å². The molecule has 4 nitrogen and oxygen atoms in total. The van der Waals surface area contributed by atoms with E-state index in [1.807, 2.05) is 12.3 Å². The summed E-state index contributed by atoms with van der Waals surface area (Å²) in [7, 11) is 0. The standard InChI is InChI=1S/C14H19N3O/c18-13-14(3-7-16-13)4-8-17(9-5-14)11-12-2-1-6-15-10-12/h1-2,6,10H,3-5,7-9,11H2,(H,16,18). The van der Waals surface area contributed by atoms with Crippen molar-refractivity contribution in [2.24, 2.45) is 5.41 Å². The number of nitrogens with zero attached hydrogens (tertiary/aromatic N) is 2. The first kappa shape index (κ1) is 11.7. The monoisotopic (exact) mass is 245 g/mol. The van der Waals surface area contributed by atoms with E-state index in [0.29, 0.717) is 0 Å². The molecule has 0 aliphatic carbocycles. The average Bonchev–Trinajstić information content (AvgIpc) is 2.75. The Hall–Kier alpha value is -1.42. The number of nitrogens with one attached hydrogen (secondary N) is 1. The normalized spacial score (nSPS) is 23.2. The second kappa shape index (κ2) is 4.69. The number of piperidine rings is 1. The van der Waals surface area contributed by atoms with E-state index in [1.54, 1.807) is 6.20 Å². The molecule has 2 aliphatic rings. The summed E-state index contributed by atoms with van der Waals surface area (Å²) in [5, 5.41) is 2.98. The number of amides is 1. The number of hydrogen-bond acceptors (Lipinski definition) is 3. The van der Waals surface area contributed by atoms with E-state index in [-0.39, 0.29) is 11.3 Å². The van der Waals surface area contributed by atoms with Gasteiger partial charge in [0, 0.05) is 25.5 Å². The van der Waals surface area contributed by atoms with Crippen LogP contribution in [0.4, 0.5) is 0 Å². The van der Waals surface area contributed by atoms with Gasteiger partial charge in [0.2, 0.25) is 5.91 Å². The molecule has 2 saturated heterocycles. The van der Waals surface area contributed by atoms with Crippen molar-refractivity contribution in [2.75, 3.05) is 19.6 Å².